The molecule has 0 saturated heterocycles. The Morgan fingerprint density at radius 3 is 2.47 bits per heavy atom. The van der Waals surface area contributed by atoms with Crippen LogP contribution in [0, 0.1) is 12.7 Å². The van der Waals surface area contributed by atoms with E-state index in [0.29, 0.717) is 6.54 Å². The fourth-order valence-electron chi connectivity index (χ4n) is 1.78. The van der Waals surface area contributed by atoms with Gasteiger partial charge in [0.1, 0.15) is 17.7 Å². The molecule has 0 bridgehead atoms. The second-order valence-electron chi connectivity index (χ2n) is 4.30. The normalized spacial score (nSPS) is 12.2. The minimum absolute atomic E-state index is 0.265. The monoisotopic (exact) mass is 323 g/mol. The molecule has 2 aromatic carbocycles. The van der Waals surface area contributed by atoms with Gasteiger partial charge in [-0.05, 0) is 48.4 Å². The molecule has 0 aliphatic rings. The quantitative estimate of drug-likeness (QED) is 0.923. The number of ether oxygens (including phenoxy) is 1. The van der Waals surface area contributed by atoms with Gasteiger partial charge in [0, 0.05) is 11.0 Å². The summed E-state index contributed by atoms with van der Waals surface area (Å²) in [5.41, 5.74) is 7.69. The molecule has 1 atom stereocenters. The van der Waals surface area contributed by atoms with Crippen LogP contribution >= 0.6 is 15.9 Å². The Bertz CT molecular complexity index is 557. The molecule has 0 radical (unpaired) electrons. The zero-order valence-electron chi connectivity index (χ0n) is 10.6. The third-order valence-corrected chi connectivity index (χ3v) is 3.75. The van der Waals surface area contributed by atoms with E-state index in [2.05, 4.69) is 15.9 Å². The summed E-state index contributed by atoms with van der Waals surface area (Å²) in [6.07, 6.45) is -0.277. The molecule has 2 aromatic rings. The fourth-order valence-corrected chi connectivity index (χ4v) is 2.03. The van der Waals surface area contributed by atoms with Crippen molar-refractivity contribution in [1.82, 2.24) is 0 Å². The van der Waals surface area contributed by atoms with Gasteiger partial charge in [-0.2, -0.15) is 0 Å². The van der Waals surface area contributed by atoms with E-state index in [1.165, 1.54) is 12.1 Å². The van der Waals surface area contributed by atoms with Crippen LogP contribution in [0.5, 0.6) is 5.75 Å². The van der Waals surface area contributed by atoms with Crippen molar-refractivity contribution in [1.29, 1.82) is 0 Å². The summed E-state index contributed by atoms with van der Waals surface area (Å²) in [6.45, 7) is 2.33. The van der Waals surface area contributed by atoms with E-state index in [-0.39, 0.29) is 11.9 Å². The molecular weight excluding hydrogens is 309 g/mol. The Morgan fingerprint density at radius 2 is 1.89 bits per heavy atom. The summed E-state index contributed by atoms with van der Waals surface area (Å²) in [4.78, 5) is 0. The summed E-state index contributed by atoms with van der Waals surface area (Å²) < 4.78 is 19.8. The molecule has 0 aromatic heterocycles. The Morgan fingerprint density at radius 1 is 1.21 bits per heavy atom. The number of nitrogens with two attached hydrogens (primary N) is 1. The molecule has 0 saturated carbocycles. The van der Waals surface area contributed by atoms with E-state index in [0.717, 1.165) is 21.3 Å². The van der Waals surface area contributed by atoms with Crippen molar-refractivity contribution in [3.05, 3.63) is 63.9 Å². The molecule has 100 valence electrons. The summed E-state index contributed by atoms with van der Waals surface area (Å²) in [6, 6.07) is 12.0. The van der Waals surface area contributed by atoms with Crippen molar-refractivity contribution >= 4 is 15.9 Å². The van der Waals surface area contributed by atoms with Gasteiger partial charge in [0.2, 0.25) is 0 Å². The molecule has 2 rings (SSSR count). The van der Waals surface area contributed by atoms with Crippen LogP contribution in [0.25, 0.3) is 0 Å². The van der Waals surface area contributed by atoms with Gasteiger partial charge in [-0.1, -0.05) is 28.1 Å². The standard InChI is InChI=1S/C15H15BrFNO/c1-10-8-13(6-7-14(10)16)19-15(9-18)11-2-4-12(17)5-3-11/h2-8,15H,9,18H2,1H3. The first-order chi connectivity index (χ1) is 9.10. The molecule has 0 fully saturated rings. The Labute approximate surface area is 120 Å². The van der Waals surface area contributed by atoms with Crippen LogP contribution in [0.1, 0.15) is 17.2 Å². The van der Waals surface area contributed by atoms with E-state index in [1.807, 2.05) is 25.1 Å². The summed E-state index contributed by atoms with van der Waals surface area (Å²) >= 11 is 3.44. The van der Waals surface area contributed by atoms with Gasteiger partial charge >= 0.3 is 0 Å². The van der Waals surface area contributed by atoms with E-state index < -0.39 is 0 Å². The van der Waals surface area contributed by atoms with Gasteiger partial charge in [0.25, 0.3) is 0 Å². The highest BCUT2D eigenvalue weighted by molar-refractivity contribution is 9.10. The minimum atomic E-state index is -0.277. The van der Waals surface area contributed by atoms with Gasteiger partial charge < -0.3 is 10.5 Å². The first kappa shape index (κ1) is 14.0. The molecule has 2 nitrogen and oxygen atoms in total. The minimum Gasteiger partial charge on any atom is -0.484 e. The second kappa shape index (κ2) is 6.17. The average Bonchev–Trinajstić information content (AvgIpc) is 2.41. The van der Waals surface area contributed by atoms with E-state index in [9.17, 15) is 4.39 Å². The van der Waals surface area contributed by atoms with E-state index >= 15 is 0 Å². The Balaban J connectivity index is 2.18. The van der Waals surface area contributed by atoms with Gasteiger partial charge in [0.15, 0.2) is 0 Å². The van der Waals surface area contributed by atoms with Crippen LogP contribution in [0.2, 0.25) is 0 Å². The molecule has 2 N–H and O–H groups in total. The maximum atomic E-state index is 12.9. The zero-order valence-corrected chi connectivity index (χ0v) is 12.2. The van der Waals surface area contributed by atoms with Gasteiger partial charge in [-0.25, -0.2) is 4.39 Å². The van der Waals surface area contributed by atoms with Crippen molar-refractivity contribution in [3.8, 4) is 5.75 Å². The van der Waals surface area contributed by atoms with Crippen molar-refractivity contribution in [2.24, 2.45) is 5.73 Å². The molecule has 0 aliphatic carbocycles. The van der Waals surface area contributed by atoms with E-state index in [1.54, 1.807) is 12.1 Å². The maximum absolute atomic E-state index is 12.9. The highest BCUT2D eigenvalue weighted by Crippen LogP contribution is 2.26. The zero-order chi connectivity index (χ0) is 13.8. The van der Waals surface area contributed by atoms with Crippen molar-refractivity contribution in [2.75, 3.05) is 6.54 Å². The number of hydrogen-bond acceptors (Lipinski definition) is 2. The highest BCUT2D eigenvalue weighted by Gasteiger charge is 2.12. The average molecular weight is 324 g/mol. The topological polar surface area (TPSA) is 35.2 Å². The smallest absolute Gasteiger partial charge is 0.136 e. The van der Waals surface area contributed by atoms with Crippen LogP contribution in [0.4, 0.5) is 4.39 Å². The molecule has 4 heteroatoms. The predicted molar refractivity (Wildman–Crippen MR) is 77.7 cm³/mol. The second-order valence-corrected chi connectivity index (χ2v) is 5.16. The number of aryl methyl sites for hydroxylation is 1. The lowest BCUT2D eigenvalue weighted by Crippen LogP contribution is -2.18. The molecule has 0 amide bonds. The lowest BCUT2D eigenvalue weighted by Gasteiger charge is -2.18. The lowest BCUT2D eigenvalue weighted by atomic mass is 10.1. The molecule has 19 heavy (non-hydrogen) atoms. The van der Waals surface area contributed by atoms with Crippen LogP contribution in [-0.4, -0.2) is 6.54 Å². The van der Waals surface area contributed by atoms with Gasteiger partial charge in [-0.3, -0.25) is 0 Å². The van der Waals surface area contributed by atoms with Crippen LogP contribution in [-0.2, 0) is 0 Å². The lowest BCUT2D eigenvalue weighted by molar-refractivity contribution is 0.214. The number of halogens is 2. The number of benzene rings is 2. The van der Waals surface area contributed by atoms with Gasteiger partial charge in [-0.15, -0.1) is 0 Å². The van der Waals surface area contributed by atoms with Crippen molar-refractivity contribution < 1.29 is 9.13 Å². The molecule has 0 aliphatic heterocycles. The summed E-state index contributed by atoms with van der Waals surface area (Å²) in [7, 11) is 0. The van der Waals surface area contributed by atoms with Crippen LogP contribution < -0.4 is 10.5 Å². The fraction of sp³-hybridized carbons (Fsp3) is 0.200. The summed E-state index contributed by atoms with van der Waals surface area (Å²) in [5.74, 6) is 0.486. The first-order valence-electron chi connectivity index (χ1n) is 5.98. The first-order valence-corrected chi connectivity index (χ1v) is 6.78. The third kappa shape index (κ3) is 3.55. The molecule has 0 spiro atoms. The van der Waals surface area contributed by atoms with E-state index in [4.69, 9.17) is 10.5 Å². The number of rotatable bonds is 4. The van der Waals surface area contributed by atoms with Crippen LogP contribution in [0.3, 0.4) is 0 Å². The predicted octanol–water partition coefficient (Wildman–Crippen LogP) is 3.98. The molecular formula is C15H15BrFNO. The molecule has 0 heterocycles. The Kier molecular flexibility index (Phi) is 4.56. The molecule has 1 unspecified atom stereocenters. The van der Waals surface area contributed by atoms with Crippen LogP contribution in [0.15, 0.2) is 46.9 Å². The SMILES string of the molecule is Cc1cc(OC(CN)c2ccc(F)cc2)ccc1Br. The third-order valence-electron chi connectivity index (χ3n) is 2.86. The highest BCUT2D eigenvalue weighted by atomic mass is 79.9. The number of hydrogen-bond donors (Lipinski definition) is 1. The van der Waals surface area contributed by atoms with Gasteiger partial charge in [0.05, 0.1) is 0 Å². The largest absolute Gasteiger partial charge is 0.484 e. The van der Waals surface area contributed by atoms with Crippen molar-refractivity contribution in [3.63, 3.8) is 0 Å². The Hall–Kier alpha value is -1.39. The summed E-state index contributed by atoms with van der Waals surface area (Å²) in [5, 5.41) is 0. The van der Waals surface area contributed by atoms with Crippen molar-refractivity contribution in [2.45, 2.75) is 13.0 Å². The maximum Gasteiger partial charge on any atom is 0.136 e.